The average Bonchev–Trinajstić information content (AvgIpc) is 3.39. The fourth-order valence-corrected chi connectivity index (χ4v) is 3.52. The molecular weight excluding hydrogens is 464 g/mol. The van der Waals surface area contributed by atoms with Crippen molar-refractivity contribution in [1.82, 2.24) is 10.7 Å². The van der Waals surface area contributed by atoms with E-state index >= 15 is 0 Å². The monoisotopic (exact) mass is 496 g/mol. The first-order chi connectivity index (χ1) is 17.4. The molecule has 1 aliphatic heterocycles. The summed E-state index contributed by atoms with van der Waals surface area (Å²) in [6.45, 7) is 6.90. The molecule has 10 nitrogen and oxygen atoms in total. The summed E-state index contributed by atoms with van der Waals surface area (Å²) in [4.78, 5) is 36.2. The maximum Gasteiger partial charge on any atom is 0.329 e. The summed E-state index contributed by atoms with van der Waals surface area (Å²) in [6, 6.07) is 10.7. The third-order valence-corrected chi connectivity index (χ3v) is 5.61. The van der Waals surface area contributed by atoms with Crippen LogP contribution in [-0.2, 0) is 19.1 Å². The van der Waals surface area contributed by atoms with Gasteiger partial charge in [0.1, 0.15) is 0 Å². The van der Waals surface area contributed by atoms with Crippen molar-refractivity contribution >= 4 is 29.6 Å². The van der Waals surface area contributed by atoms with E-state index in [2.05, 4.69) is 21.2 Å². The first-order valence-corrected chi connectivity index (χ1v) is 11.9. The smallest absolute Gasteiger partial charge is 0.329 e. The molecule has 1 saturated heterocycles. The summed E-state index contributed by atoms with van der Waals surface area (Å²) >= 11 is 0. The van der Waals surface area contributed by atoms with Crippen LogP contribution < -0.4 is 25.5 Å². The summed E-state index contributed by atoms with van der Waals surface area (Å²) in [5, 5.41) is 9.21. The van der Waals surface area contributed by atoms with Crippen molar-refractivity contribution in [2.45, 2.75) is 39.7 Å². The van der Waals surface area contributed by atoms with Crippen LogP contribution in [0.3, 0.4) is 0 Å². The van der Waals surface area contributed by atoms with E-state index in [-0.39, 0.29) is 25.2 Å². The van der Waals surface area contributed by atoms with E-state index in [1.807, 2.05) is 39.0 Å². The number of nitrogens with one attached hydrogen (secondary N) is 3. The van der Waals surface area contributed by atoms with Crippen LogP contribution in [0.4, 0.5) is 5.69 Å². The topological polar surface area (TPSA) is 127 Å². The maximum absolute atomic E-state index is 12.4. The minimum Gasteiger partial charge on any atom is -0.490 e. The summed E-state index contributed by atoms with van der Waals surface area (Å²) < 4.78 is 16.7. The molecule has 36 heavy (non-hydrogen) atoms. The summed E-state index contributed by atoms with van der Waals surface area (Å²) in [5.41, 5.74) is 5.62. The van der Waals surface area contributed by atoms with E-state index in [0.29, 0.717) is 30.3 Å². The van der Waals surface area contributed by atoms with E-state index in [9.17, 15) is 14.4 Å². The van der Waals surface area contributed by atoms with Gasteiger partial charge in [-0.1, -0.05) is 12.1 Å². The standard InChI is InChI=1S/C26H32N4O6/c1-4-34-23-13-19(14-28-30-26(33)25(32)27-15-20-8-6-12-35-20)10-11-22(23)36-16-24(31)29-21-9-5-7-17(2)18(21)3/h5,7,9-11,13-14,20H,4,6,8,12,15-16H2,1-3H3,(H,27,32)(H,29,31)(H,30,33)/b28-14-/t20-/m1/s1. The molecule has 192 valence electrons. The van der Waals surface area contributed by atoms with Crippen molar-refractivity contribution in [3.63, 3.8) is 0 Å². The Balaban J connectivity index is 1.52. The third kappa shape index (κ3) is 7.81. The molecule has 3 amide bonds. The van der Waals surface area contributed by atoms with Gasteiger partial charge in [0.25, 0.3) is 5.91 Å². The second-order valence-corrected chi connectivity index (χ2v) is 8.27. The first kappa shape index (κ1) is 26.7. The summed E-state index contributed by atoms with van der Waals surface area (Å²) in [5.74, 6) is -1.13. The molecule has 0 aromatic heterocycles. The molecule has 0 unspecified atom stereocenters. The first-order valence-electron chi connectivity index (χ1n) is 11.9. The highest BCUT2D eigenvalue weighted by atomic mass is 16.5. The Morgan fingerprint density at radius 2 is 1.94 bits per heavy atom. The Labute approximate surface area is 210 Å². The number of amides is 3. The van der Waals surface area contributed by atoms with Crippen LogP contribution in [-0.4, -0.2) is 56.4 Å². The Hall–Kier alpha value is -3.92. The van der Waals surface area contributed by atoms with Crippen LogP contribution in [0, 0.1) is 13.8 Å². The van der Waals surface area contributed by atoms with Gasteiger partial charge in [-0.05, 0) is 74.6 Å². The van der Waals surface area contributed by atoms with Crippen molar-refractivity contribution in [2.24, 2.45) is 5.10 Å². The van der Waals surface area contributed by atoms with Crippen LogP contribution in [0.25, 0.3) is 0 Å². The molecule has 0 saturated carbocycles. The van der Waals surface area contributed by atoms with Crippen LogP contribution >= 0.6 is 0 Å². The average molecular weight is 497 g/mol. The molecule has 3 rings (SSSR count). The lowest BCUT2D eigenvalue weighted by atomic mass is 10.1. The predicted molar refractivity (Wildman–Crippen MR) is 135 cm³/mol. The Kier molecular flexibility index (Phi) is 9.82. The van der Waals surface area contributed by atoms with Crippen LogP contribution in [0.5, 0.6) is 11.5 Å². The summed E-state index contributed by atoms with van der Waals surface area (Å²) in [6.07, 6.45) is 3.13. The quantitative estimate of drug-likeness (QED) is 0.263. The number of carbonyl (C=O) groups excluding carboxylic acids is 3. The Morgan fingerprint density at radius 3 is 2.69 bits per heavy atom. The summed E-state index contributed by atoms with van der Waals surface area (Å²) in [7, 11) is 0. The van der Waals surface area contributed by atoms with Gasteiger partial charge >= 0.3 is 11.8 Å². The van der Waals surface area contributed by atoms with Crippen LogP contribution in [0.15, 0.2) is 41.5 Å². The number of aryl methyl sites for hydroxylation is 1. The molecule has 10 heteroatoms. The fourth-order valence-electron chi connectivity index (χ4n) is 3.52. The van der Waals surface area contributed by atoms with Gasteiger partial charge in [-0.2, -0.15) is 5.10 Å². The SMILES string of the molecule is CCOc1cc(/C=N\NC(=O)C(=O)NC[C@H]2CCCO2)ccc1OCC(=O)Nc1cccc(C)c1C. The van der Waals surface area contributed by atoms with E-state index in [4.69, 9.17) is 14.2 Å². The third-order valence-electron chi connectivity index (χ3n) is 5.61. The van der Waals surface area contributed by atoms with Gasteiger partial charge in [0.2, 0.25) is 0 Å². The normalized spacial score (nSPS) is 14.9. The molecule has 2 aromatic carbocycles. The largest absolute Gasteiger partial charge is 0.490 e. The molecule has 1 atom stereocenters. The van der Waals surface area contributed by atoms with Crippen molar-refractivity contribution < 1.29 is 28.6 Å². The minimum atomic E-state index is -0.871. The number of ether oxygens (including phenoxy) is 3. The highest BCUT2D eigenvalue weighted by Gasteiger charge is 2.19. The number of rotatable bonds is 10. The lowest BCUT2D eigenvalue weighted by Crippen LogP contribution is -2.41. The Bertz CT molecular complexity index is 1110. The van der Waals surface area contributed by atoms with Crippen LogP contribution in [0.1, 0.15) is 36.5 Å². The number of carbonyl (C=O) groups is 3. The number of benzene rings is 2. The van der Waals surface area contributed by atoms with Crippen molar-refractivity contribution in [3.05, 3.63) is 53.1 Å². The van der Waals surface area contributed by atoms with Gasteiger partial charge in [-0.3, -0.25) is 14.4 Å². The highest BCUT2D eigenvalue weighted by Crippen LogP contribution is 2.28. The second kappa shape index (κ2) is 13.2. The second-order valence-electron chi connectivity index (χ2n) is 8.27. The lowest BCUT2D eigenvalue weighted by molar-refractivity contribution is -0.139. The van der Waals surface area contributed by atoms with Gasteiger partial charge in [-0.15, -0.1) is 0 Å². The van der Waals surface area contributed by atoms with Crippen molar-refractivity contribution in [2.75, 3.05) is 31.7 Å². The lowest BCUT2D eigenvalue weighted by Gasteiger charge is -2.14. The van der Waals surface area contributed by atoms with Gasteiger partial charge in [0.05, 0.1) is 18.9 Å². The van der Waals surface area contributed by atoms with E-state index in [1.54, 1.807) is 18.2 Å². The van der Waals surface area contributed by atoms with Gasteiger partial charge in [0.15, 0.2) is 18.1 Å². The van der Waals surface area contributed by atoms with Gasteiger partial charge in [0, 0.05) is 18.8 Å². The zero-order chi connectivity index (χ0) is 25.9. The number of hydrogen-bond acceptors (Lipinski definition) is 7. The number of hydrazone groups is 1. The van der Waals surface area contributed by atoms with Crippen molar-refractivity contribution in [3.8, 4) is 11.5 Å². The molecule has 3 N–H and O–H groups in total. The van der Waals surface area contributed by atoms with Gasteiger partial charge < -0.3 is 24.8 Å². The van der Waals surface area contributed by atoms with Crippen molar-refractivity contribution in [1.29, 1.82) is 0 Å². The Morgan fingerprint density at radius 1 is 1.11 bits per heavy atom. The molecule has 0 aliphatic carbocycles. The molecular formula is C26H32N4O6. The molecule has 2 aromatic rings. The zero-order valence-electron chi connectivity index (χ0n) is 20.8. The predicted octanol–water partition coefficient (Wildman–Crippen LogP) is 2.46. The van der Waals surface area contributed by atoms with E-state index < -0.39 is 11.8 Å². The molecule has 0 spiro atoms. The fraction of sp³-hybridized carbons (Fsp3) is 0.385. The molecule has 1 aliphatic rings. The highest BCUT2D eigenvalue weighted by molar-refractivity contribution is 6.35. The van der Waals surface area contributed by atoms with Crippen LogP contribution in [0.2, 0.25) is 0 Å². The number of nitrogens with zero attached hydrogens (tertiary/aromatic N) is 1. The minimum absolute atomic E-state index is 0.0549. The van der Waals surface area contributed by atoms with E-state index in [0.717, 1.165) is 29.7 Å². The maximum atomic E-state index is 12.4. The molecule has 0 bridgehead atoms. The number of anilines is 1. The number of hydrogen-bond donors (Lipinski definition) is 3. The molecule has 1 fully saturated rings. The molecule has 0 radical (unpaired) electrons. The van der Waals surface area contributed by atoms with E-state index in [1.165, 1.54) is 6.21 Å². The molecule has 1 heterocycles. The zero-order valence-corrected chi connectivity index (χ0v) is 20.8. The van der Waals surface area contributed by atoms with Gasteiger partial charge in [-0.25, -0.2) is 5.43 Å².